The molecule has 1 aliphatic heterocycles. The molecular weight excluding hydrogens is 302 g/mol. The van der Waals surface area contributed by atoms with Crippen molar-refractivity contribution in [3.05, 3.63) is 34.2 Å². The molecule has 0 radical (unpaired) electrons. The lowest BCUT2D eigenvalue weighted by atomic mass is 10.1. The first-order valence-electron chi connectivity index (χ1n) is 7.21. The number of urea groups is 1. The second kappa shape index (κ2) is 6.23. The predicted octanol–water partition coefficient (Wildman–Crippen LogP) is 0.263. The van der Waals surface area contributed by atoms with Crippen molar-refractivity contribution < 1.29 is 19.1 Å². The quantitative estimate of drug-likeness (QED) is 0.477. The van der Waals surface area contributed by atoms with E-state index in [4.69, 9.17) is 4.74 Å². The molecular formula is C15H19N3O5. The normalized spacial score (nSPS) is 16.4. The Labute approximate surface area is 133 Å². The minimum Gasteiger partial charge on any atom is -0.461 e. The van der Waals surface area contributed by atoms with Gasteiger partial charge in [-0.2, -0.15) is 0 Å². The Kier molecular flexibility index (Phi) is 4.53. The van der Waals surface area contributed by atoms with Gasteiger partial charge in [-0.25, -0.2) is 9.59 Å². The molecule has 3 amide bonds. The summed E-state index contributed by atoms with van der Waals surface area (Å²) in [5, 5.41) is 2.57. The van der Waals surface area contributed by atoms with Crippen LogP contribution in [0.2, 0.25) is 0 Å². The standard InChI is InChI=1S/C15H19N3O5/c1-15(2)13(21)18(14(22)16-15)8-5-9-23-12(20)10-6-4-7-11(19)17(10)3/h4,6-7H,5,8-9H2,1-3H3,(H,16,22). The van der Waals surface area contributed by atoms with Crippen LogP contribution in [0.5, 0.6) is 0 Å². The van der Waals surface area contributed by atoms with Crippen LogP contribution in [0.25, 0.3) is 0 Å². The van der Waals surface area contributed by atoms with E-state index in [2.05, 4.69) is 5.32 Å². The lowest BCUT2D eigenvalue weighted by molar-refractivity contribution is -0.130. The molecule has 1 saturated heterocycles. The zero-order chi connectivity index (χ0) is 17.2. The fraction of sp³-hybridized carbons (Fsp3) is 0.467. The van der Waals surface area contributed by atoms with Crippen molar-refractivity contribution in [2.24, 2.45) is 7.05 Å². The number of pyridine rings is 1. The summed E-state index contributed by atoms with van der Waals surface area (Å²) in [5.41, 5.74) is -1.06. The summed E-state index contributed by atoms with van der Waals surface area (Å²) in [6, 6.07) is 3.87. The first kappa shape index (κ1) is 16.7. The van der Waals surface area contributed by atoms with E-state index in [0.717, 1.165) is 4.90 Å². The van der Waals surface area contributed by atoms with Crippen molar-refractivity contribution in [1.82, 2.24) is 14.8 Å². The van der Waals surface area contributed by atoms with E-state index >= 15 is 0 Å². The zero-order valence-electron chi connectivity index (χ0n) is 13.3. The fourth-order valence-electron chi connectivity index (χ4n) is 2.25. The minimum absolute atomic E-state index is 0.0411. The topological polar surface area (TPSA) is 97.7 Å². The maximum absolute atomic E-state index is 12.0. The number of hydrogen-bond donors (Lipinski definition) is 1. The molecule has 0 saturated carbocycles. The average molecular weight is 321 g/mol. The molecule has 8 heteroatoms. The highest BCUT2D eigenvalue weighted by atomic mass is 16.5. The largest absolute Gasteiger partial charge is 0.461 e. The van der Waals surface area contributed by atoms with E-state index in [1.807, 2.05) is 0 Å². The van der Waals surface area contributed by atoms with Gasteiger partial charge in [0.1, 0.15) is 11.2 Å². The molecule has 124 valence electrons. The summed E-state index contributed by atoms with van der Waals surface area (Å²) in [7, 11) is 1.48. The van der Waals surface area contributed by atoms with Gasteiger partial charge in [-0.3, -0.25) is 14.5 Å². The third-order valence-corrected chi connectivity index (χ3v) is 3.60. The van der Waals surface area contributed by atoms with E-state index in [1.165, 1.54) is 29.8 Å². The Bertz CT molecular complexity index is 707. The molecule has 1 N–H and O–H groups in total. The van der Waals surface area contributed by atoms with Crippen LogP contribution in [0.3, 0.4) is 0 Å². The van der Waals surface area contributed by atoms with E-state index < -0.39 is 17.5 Å². The molecule has 1 aromatic heterocycles. The van der Waals surface area contributed by atoms with E-state index in [-0.39, 0.29) is 30.3 Å². The minimum atomic E-state index is -0.907. The number of aromatic nitrogens is 1. The number of nitrogens with one attached hydrogen (secondary N) is 1. The molecule has 8 nitrogen and oxygen atoms in total. The Morgan fingerprint density at radius 3 is 2.57 bits per heavy atom. The predicted molar refractivity (Wildman–Crippen MR) is 80.9 cm³/mol. The van der Waals surface area contributed by atoms with Crippen molar-refractivity contribution in [2.75, 3.05) is 13.2 Å². The highest BCUT2D eigenvalue weighted by molar-refractivity contribution is 6.06. The lowest BCUT2D eigenvalue weighted by Gasteiger charge is -2.15. The van der Waals surface area contributed by atoms with Crippen LogP contribution in [0, 0.1) is 0 Å². The number of hydrogen-bond acceptors (Lipinski definition) is 5. The molecule has 0 aliphatic carbocycles. The van der Waals surface area contributed by atoms with Crippen molar-refractivity contribution in [3.8, 4) is 0 Å². The number of amides is 3. The lowest BCUT2D eigenvalue weighted by Crippen LogP contribution is -2.40. The van der Waals surface area contributed by atoms with Gasteiger partial charge in [0.25, 0.3) is 11.5 Å². The molecule has 2 heterocycles. The maximum atomic E-state index is 12.0. The molecule has 0 atom stereocenters. The van der Waals surface area contributed by atoms with Crippen molar-refractivity contribution in [3.63, 3.8) is 0 Å². The summed E-state index contributed by atoms with van der Waals surface area (Å²) in [5.74, 6) is -0.929. The van der Waals surface area contributed by atoms with Gasteiger partial charge in [-0.05, 0) is 26.3 Å². The summed E-state index contributed by atoms with van der Waals surface area (Å²) in [4.78, 5) is 48.1. The molecule has 1 fully saturated rings. The summed E-state index contributed by atoms with van der Waals surface area (Å²) >= 11 is 0. The molecule has 1 aliphatic rings. The Morgan fingerprint density at radius 1 is 1.26 bits per heavy atom. The Morgan fingerprint density at radius 2 is 1.96 bits per heavy atom. The van der Waals surface area contributed by atoms with Gasteiger partial charge < -0.3 is 14.6 Å². The number of ether oxygens (including phenoxy) is 1. The summed E-state index contributed by atoms with van der Waals surface area (Å²) in [6.07, 6.45) is 0.321. The van der Waals surface area contributed by atoms with Gasteiger partial charge in [0.15, 0.2) is 0 Å². The smallest absolute Gasteiger partial charge is 0.355 e. The number of nitrogens with zero attached hydrogens (tertiary/aromatic N) is 2. The molecule has 0 unspecified atom stereocenters. The first-order chi connectivity index (χ1) is 10.7. The first-order valence-corrected chi connectivity index (χ1v) is 7.21. The molecule has 23 heavy (non-hydrogen) atoms. The highest BCUT2D eigenvalue weighted by Gasteiger charge is 2.43. The van der Waals surface area contributed by atoms with Gasteiger partial charge in [0.2, 0.25) is 0 Å². The molecule has 0 spiro atoms. The van der Waals surface area contributed by atoms with E-state index in [0.29, 0.717) is 6.42 Å². The number of rotatable bonds is 5. The molecule has 2 rings (SSSR count). The van der Waals surface area contributed by atoms with Gasteiger partial charge in [-0.15, -0.1) is 0 Å². The van der Waals surface area contributed by atoms with Crippen LogP contribution < -0.4 is 10.9 Å². The highest BCUT2D eigenvalue weighted by Crippen LogP contribution is 2.16. The van der Waals surface area contributed by atoms with Crippen molar-refractivity contribution in [2.45, 2.75) is 25.8 Å². The third-order valence-electron chi connectivity index (χ3n) is 3.60. The molecule has 0 aromatic carbocycles. The second-order valence-corrected chi connectivity index (χ2v) is 5.81. The van der Waals surface area contributed by atoms with Gasteiger partial charge in [-0.1, -0.05) is 6.07 Å². The van der Waals surface area contributed by atoms with E-state index in [1.54, 1.807) is 13.8 Å². The maximum Gasteiger partial charge on any atom is 0.355 e. The van der Waals surface area contributed by atoms with Crippen LogP contribution in [0.15, 0.2) is 23.0 Å². The van der Waals surface area contributed by atoms with Crippen LogP contribution in [-0.4, -0.2) is 46.1 Å². The average Bonchev–Trinajstić information content (AvgIpc) is 2.67. The SMILES string of the molecule is Cn1c(C(=O)OCCCN2C(=O)NC(C)(C)C2=O)cccc1=O. The van der Waals surface area contributed by atoms with Crippen LogP contribution in [-0.2, 0) is 16.6 Å². The zero-order valence-corrected chi connectivity index (χ0v) is 13.3. The Balaban J connectivity index is 1.85. The second-order valence-electron chi connectivity index (χ2n) is 5.81. The van der Waals surface area contributed by atoms with Crippen LogP contribution >= 0.6 is 0 Å². The monoisotopic (exact) mass is 321 g/mol. The van der Waals surface area contributed by atoms with Gasteiger partial charge >= 0.3 is 12.0 Å². The Hall–Kier alpha value is -2.64. The summed E-state index contributed by atoms with van der Waals surface area (Å²) < 4.78 is 6.27. The number of carbonyl (C=O) groups excluding carboxylic acids is 3. The molecule has 1 aromatic rings. The molecule has 0 bridgehead atoms. The summed E-state index contributed by atoms with van der Waals surface area (Å²) in [6.45, 7) is 3.46. The number of imide groups is 1. The third kappa shape index (κ3) is 3.41. The van der Waals surface area contributed by atoms with Crippen molar-refractivity contribution >= 4 is 17.9 Å². The number of esters is 1. The van der Waals surface area contributed by atoms with Crippen molar-refractivity contribution in [1.29, 1.82) is 0 Å². The van der Waals surface area contributed by atoms with Crippen LogP contribution in [0.4, 0.5) is 4.79 Å². The fourth-order valence-corrected chi connectivity index (χ4v) is 2.25. The van der Waals surface area contributed by atoms with Gasteiger partial charge in [0.05, 0.1) is 6.61 Å². The van der Waals surface area contributed by atoms with Gasteiger partial charge in [0, 0.05) is 19.7 Å². The van der Waals surface area contributed by atoms with E-state index in [9.17, 15) is 19.2 Å². The van der Waals surface area contributed by atoms with Crippen LogP contribution in [0.1, 0.15) is 30.8 Å². The number of carbonyl (C=O) groups is 3.